The van der Waals surface area contributed by atoms with Crippen LogP contribution in [0.1, 0.15) is 69.4 Å². The average Bonchev–Trinajstić information content (AvgIpc) is 1.55. The highest BCUT2D eigenvalue weighted by Crippen LogP contribution is 2.52. The Bertz CT molecular complexity index is 5230. The van der Waals surface area contributed by atoms with E-state index in [9.17, 15) is 0 Å². The van der Waals surface area contributed by atoms with Gasteiger partial charge in [0.05, 0.1) is 56.2 Å². The molecule has 0 bridgehead atoms. The molecular weight excluding hydrogens is 1090 g/mol. The monoisotopic (exact) mass is 1160 g/mol. The molecule has 6 aromatic heterocycles. The number of nitrogens with zero attached hydrogens (tertiary/aromatic N) is 6. The average molecular weight is 1160 g/mol. The van der Waals surface area contributed by atoms with E-state index in [1.165, 1.54) is 198 Å². The lowest BCUT2D eigenvalue weighted by molar-refractivity contribution is 0.205. The van der Waals surface area contributed by atoms with E-state index < -0.39 is 0 Å². The van der Waals surface area contributed by atoms with Gasteiger partial charge >= 0.3 is 0 Å². The second kappa shape index (κ2) is 18.5. The van der Waals surface area contributed by atoms with Crippen LogP contribution in [0, 0.1) is 55.4 Å². The van der Waals surface area contributed by atoms with Crippen LogP contribution in [0.25, 0.3) is 154 Å². The molecule has 2 atom stereocenters. The van der Waals surface area contributed by atoms with Crippen LogP contribution in [0.15, 0.2) is 218 Å². The first-order valence-electron chi connectivity index (χ1n) is 32.1. The molecule has 1 saturated carbocycles. The topological polar surface area (TPSA) is 29.6 Å². The summed E-state index contributed by atoms with van der Waals surface area (Å²) < 4.78 is 15.5. The molecule has 12 aromatic carbocycles. The van der Waals surface area contributed by atoms with E-state index in [0.29, 0.717) is 0 Å². The Hall–Kier alpha value is -10.6. The van der Waals surface area contributed by atoms with E-state index in [4.69, 9.17) is 0 Å². The summed E-state index contributed by atoms with van der Waals surface area (Å²) in [4.78, 5) is 0. The summed E-state index contributed by atoms with van der Waals surface area (Å²) in [6, 6.07) is 85.3. The van der Waals surface area contributed by atoms with Crippen molar-refractivity contribution in [1.82, 2.24) is 27.4 Å². The van der Waals surface area contributed by atoms with Gasteiger partial charge in [0.25, 0.3) is 0 Å². The van der Waals surface area contributed by atoms with Crippen molar-refractivity contribution in [1.29, 1.82) is 0 Å². The summed E-state index contributed by atoms with van der Waals surface area (Å²) in [5.41, 5.74) is 29.7. The van der Waals surface area contributed by atoms with E-state index in [1.807, 2.05) is 0 Å². The molecule has 0 amide bonds. The van der Waals surface area contributed by atoms with Crippen molar-refractivity contribution in [2.75, 3.05) is 0 Å². The highest BCUT2D eigenvalue weighted by Gasteiger charge is 2.38. The maximum absolute atomic E-state index is 2.74. The molecule has 18 aromatic rings. The van der Waals surface area contributed by atoms with E-state index >= 15 is 0 Å². The van der Waals surface area contributed by atoms with Gasteiger partial charge in [-0.2, -0.15) is 0 Å². The van der Waals surface area contributed by atoms with Crippen LogP contribution in [-0.4, -0.2) is 27.4 Å². The van der Waals surface area contributed by atoms with Gasteiger partial charge in [-0.1, -0.05) is 93.0 Å². The van der Waals surface area contributed by atoms with E-state index in [-0.39, 0.29) is 12.1 Å². The molecule has 6 nitrogen and oxygen atoms in total. The number of aryl methyl sites for hydroxylation is 8. The van der Waals surface area contributed by atoms with Crippen LogP contribution in [0.4, 0.5) is 0 Å². The normalized spacial score (nSPS) is 14.8. The molecule has 2 unspecified atom stereocenters. The third-order valence-electron chi connectivity index (χ3n) is 20.7. The van der Waals surface area contributed by atoms with E-state index in [2.05, 4.69) is 301 Å². The first kappa shape index (κ1) is 51.5. The predicted molar refractivity (Wildman–Crippen MR) is 381 cm³/mol. The Morgan fingerprint density at radius 1 is 0.189 bits per heavy atom. The molecule has 0 radical (unpaired) electrons. The summed E-state index contributed by atoms with van der Waals surface area (Å²) in [6.07, 6.45) is 2.11. The third kappa shape index (κ3) is 7.21. The molecule has 0 N–H and O–H groups in total. The van der Waals surface area contributed by atoms with Gasteiger partial charge in [0.15, 0.2) is 0 Å². The molecule has 19 rings (SSSR count). The fourth-order valence-corrected chi connectivity index (χ4v) is 16.5. The lowest BCUT2D eigenvalue weighted by atomic mass is 9.85. The molecule has 6 heteroatoms. The van der Waals surface area contributed by atoms with Crippen molar-refractivity contribution in [3.05, 3.63) is 263 Å². The molecule has 6 heterocycles. The van der Waals surface area contributed by atoms with Crippen LogP contribution >= 0.6 is 0 Å². The first-order chi connectivity index (χ1) is 43.9. The quantitative estimate of drug-likeness (QED) is 0.159. The second-order valence-electron chi connectivity index (χ2n) is 26.8. The number of hydrogen-bond acceptors (Lipinski definition) is 0. The number of benzene rings is 12. The van der Waals surface area contributed by atoms with Gasteiger partial charge in [0.2, 0.25) is 0 Å². The summed E-state index contributed by atoms with van der Waals surface area (Å²) >= 11 is 0. The summed E-state index contributed by atoms with van der Waals surface area (Å²) in [5, 5.41) is 15.4. The zero-order chi connectivity index (χ0) is 60.3. The van der Waals surface area contributed by atoms with Crippen LogP contribution in [0.3, 0.4) is 0 Å². The standard InChI is InChI=1S/C84H66N6/c1-47-9-21-71-59(35-47)60-36-48(2)10-22-72(60)85(71)55-17-29-79-67(43-55)68-44-56(86-73-23-11-49(3)37-61(73)62-38-50(4)12-24-74(62)86)18-30-80(68)89(79)83-33-34-84(83)90-81-31-19-57(87-75-25-13-51(5)39-63(75)64-40-52(6)14-26-76(64)87)45-69(81)70-46-58(20-32-82(70)90)88-77-27-15-53(7)41-65(77)66-42-54(8)16-28-78(66)88/h9-32,35-46,83-84H,33-34H2,1-8H3. The van der Waals surface area contributed by atoms with Crippen LogP contribution in [-0.2, 0) is 0 Å². The van der Waals surface area contributed by atoms with Crippen molar-refractivity contribution in [2.24, 2.45) is 0 Å². The highest BCUT2D eigenvalue weighted by atomic mass is 15.1. The first-order valence-corrected chi connectivity index (χ1v) is 32.1. The zero-order valence-corrected chi connectivity index (χ0v) is 52.0. The highest BCUT2D eigenvalue weighted by molar-refractivity contribution is 6.17. The summed E-state index contributed by atoms with van der Waals surface area (Å²) in [6.45, 7) is 17.7. The minimum Gasteiger partial charge on any atom is -0.335 e. The van der Waals surface area contributed by atoms with Gasteiger partial charge in [0.1, 0.15) is 0 Å². The molecule has 0 saturated heterocycles. The van der Waals surface area contributed by atoms with Crippen LogP contribution < -0.4 is 0 Å². The van der Waals surface area contributed by atoms with Gasteiger partial charge in [-0.05, 0) is 238 Å². The molecule has 0 aliphatic heterocycles. The second-order valence-corrected chi connectivity index (χ2v) is 26.8. The Morgan fingerprint density at radius 3 is 0.511 bits per heavy atom. The summed E-state index contributed by atoms with van der Waals surface area (Å²) in [7, 11) is 0. The minimum absolute atomic E-state index is 0.172. The molecule has 1 aliphatic carbocycles. The fraction of sp³-hybridized carbons (Fsp3) is 0.143. The summed E-state index contributed by atoms with van der Waals surface area (Å²) in [5.74, 6) is 0. The smallest absolute Gasteiger partial charge is 0.0551 e. The fourth-order valence-electron chi connectivity index (χ4n) is 16.5. The molecule has 0 spiro atoms. The van der Waals surface area contributed by atoms with Crippen molar-refractivity contribution < 1.29 is 0 Å². The van der Waals surface area contributed by atoms with Gasteiger partial charge in [0, 0.05) is 109 Å². The Balaban J connectivity index is 0.851. The lowest BCUT2D eigenvalue weighted by Crippen LogP contribution is -2.31. The van der Waals surface area contributed by atoms with Gasteiger partial charge in [-0.15, -0.1) is 0 Å². The third-order valence-corrected chi connectivity index (χ3v) is 20.7. The van der Waals surface area contributed by atoms with Gasteiger partial charge < -0.3 is 27.4 Å². The Morgan fingerprint density at radius 2 is 0.344 bits per heavy atom. The molecule has 432 valence electrons. The van der Waals surface area contributed by atoms with E-state index in [1.54, 1.807) is 0 Å². The van der Waals surface area contributed by atoms with Crippen LogP contribution in [0.2, 0.25) is 0 Å². The Labute approximate surface area is 521 Å². The Kier molecular flexibility index (Phi) is 10.6. The SMILES string of the molecule is Cc1ccc2c(c1)c1cc(C)ccc1n2-c1ccc2c(c1)c1cc(-n3c4ccc(C)cc4c4cc(C)ccc43)ccc1n2C1CCC1n1c2ccc(-n3c4ccc(C)cc4c4cc(C)ccc43)cc2c2cc(-n3c4ccc(C)cc4c4cc(C)ccc43)ccc21. The number of fused-ring (bicyclic) bond motifs is 18. The van der Waals surface area contributed by atoms with Gasteiger partial charge in [-0.3, -0.25) is 0 Å². The molecule has 1 aliphatic rings. The maximum atomic E-state index is 2.74. The molecular formula is C84H66N6. The van der Waals surface area contributed by atoms with Crippen molar-refractivity contribution >= 4 is 131 Å². The lowest BCUT2D eigenvalue weighted by Gasteiger charge is -2.40. The van der Waals surface area contributed by atoms with Crippen molar-refractivity contribution in [3.8, 4) is 22.7 Å². The van der Waals surface area contributed by atoms with Crippen molar-refractivity contribution in [2.45, 2.75) is 80.3 Å². The number of aromatic nitrogens is 6. The molecule has 1 fully saturated rings. The van der Waals surface area contributed by atoms with Crippen molar-refractivity contribution in [3.63, 3.8) is 0 Å². The minimum atomic E-state index is 0.172. The number of rotatable bonds is 6. The van der Waals surface area contributed by atoms with E-state index in [0.717, 1.165) is 12.8 Å². The zero-order valence-electron chi connectivity index (χ0n) is 52.0. The number of hydrogen-bond donors (Lipinski definition) is 0. The largest absolute Gasteiger partial charge is 0.335 e. The molecule has 90 heavy (non-hydrogen) atoms. The van der Waals surface area contributed by atoms with Gasteiger partial charge in [-0.25, -0.2) is 0 Å². The maximum Gasteiger partial charge on any atom is 0.0551 e. The van der Waals surface area contributed by atoms with Crippen LogP contribution in [0.5, 0.6) is 0 Å². The predicted octanol–water partition coefficient (Wildman–Crippen LogP) is 22.3.